The zero-order chi connectivity index (χ0) is 9.68. The molecule has 1 aromatic carbocycles. The second kappa shape index (κ2) is 5.25. The summed E-state index contributed by atoms with van der Waals surface area (Å²) in [5.74, 6) is 0. The minimum atomic E-state index is 0.579. The Morgan fingerprint density at radius 3 is 2.15 bits per heavy atom. The fourth-order valence-corrected chi connectivity index (χ4v) is 1.32. The summed E-state index contributed by atoms with van der Waals surface area (Å²) in [6.45, 7) is 3.09. The molecule has 0 amide bonds. The SMILES string of the molecule is CCc1ccc(CN(C)CCl)cc1. The van der Waals surface area contributed by atoms with Gasteiger partial charge in [0.15, 0.2) is 0 Å². The number of rotatable bonds is 4. The van der Waals surface area contributed by atoms with Gasteiger partial charge >= 0.3 is 0 Å². The molecule has 1 aromatic rings. The third kappa shape index (κ3) is 3.37. The number of hydrogen-bond acceptors (Lipinski definition) is 1. The van der Waals surface area contributed by atoms with Crippen molar-refractivity contribution in [3.05, 3.63) is 35.4 Å². The van der Waals surface area contributed by atoms with Gasteiger partial charge in [0.2, 0.25) is 0 Å². The standard InChI is InChI=1S/C11H16ClN/c1-3-10-4-6-11(7-5-10)8-13(2)9-12/h4-7H,3,8-9H2,1-2H3. The molecule has 0 N–H and O–H groups in total. The molecule has 0 aliphatic rings. The smallest absolute Gasteiger partial charge is 0.0738 e. The van der Waals surface area contributed by atoms with Gasteiger partial charge in [0.25, 0.3) is 0 Å². The largest absolute Gasteiger partial charge is 0.289 e. The predicted octanol–water partition coefficient (Wildman–Crippen LogP) is 2.88. The van der Waals surface area contributed by atoms with Gasteiger partial charge in [-0.3, -0.25) is 4.90 Å². The number of alkyl halides is 1. The van der Waals surface area contributed by atoms with Crippen molar-refractivity contribution in [3.63, 3.8) is 0 Å². The third-order valence-corrected chi connectivity index (χ3v) is 2.50. The van der Waals surface area contributed by atoms with E-state index in [1.54, 1.807) is 0 Å². The Balaban J connectivity index is 2.58. The molecule has 0 spiro atoms. The summed E-state index contributed by atoms with van der Waals surface area (Å²) >= 11 is 5.69. The summed E-state index contributed by atoms with van der Waals surface area (Å²) in [7, 11) is 2.01. The van der Waals surface area contributed by atoms with Gasteiger partial charge in [0.05, 0.1) is 6.00 Å². The van der Waals surface area contributed by atoms with E-state index in [2.05, 4.69) is 36.1 Å². The quantitative estimate of drug-likeness (QED) is 0.530. The molecule has 72 valence electrons. The molecule has 0 unspecified atom stereocenters. The molecule has 13 heavy (non-hydrogen) atoms. The van der Waals surface area contributed by atoms with Crippen LogP contribution < -0.4 is 0 Å². The minimum Gasteiger partial charge on any atom is -0.289 e. The van der Waals surface area contributed by atoms with Crippen LogP contribution >= 0.6 is 11.6 Å². The van der Waals surface area contributed by atoms with Gasteiger partial charge in [0, 0.05) is 6.54 Å². The lowest BCUT2D eigenvalue weighted by atomic mass is 10.1. The normalized spacial score (nSPS) is 10.8. The molecule has 0 atom stereocenters. The van der Waals surface area contributed by atoms with Crippen molar-refractivity contribution in [1.29, 1.82) is 0 Å². The molecule has 1 nitrogen and oxygen atoms in total. The maximum Gasteiger partial charge on any atom is 0.0738 e. The predicted molar refractivity (Wildman–Crippen MR) is 58.0 cm³/mol. The molecule has 0 aromatic heterocycles. The molecule has 1 rings (SSSR count). The lowest BCUT2D eigenvalue weighted by Crippen LogP contribution is -2.15. The lowest BCUT2D eigenvalue weighted by Gasteiger charge is -2.12. The summed E-state index contributed by atoms with van der Waals surface area (Å²) in [5, 5.41) is 0. The van der Waals surface area contributed by atoms with E-state index in [1.165, 1.54) is 11.1 Å². The molecule has 0 aliphatic heterocycles. The van der Waals surface area contributed by atoms with Gasteiger partial charge < -0.3 is 0 Å². The summed E-state index contributed by atoms with van der Waals surface area (Å²) in [6, 6.07) is 9.27. The van der Waals surface area contributed by atoms with E-state index in [0.29, 0.717) is 6.00 Å². The monoisotopic (exact) mass is 197 g/mol. The molecule has 0 saturated carbocycles. The van der Waals surface area contributed by atoms with Crippen LogP contribution in [0.3, 0.4) is 0 Å². The molecule has 0 radical (unpaired) electrons. The van der Waals surface area contributed by atoms with Gasteiger partial charge in [-0.2, -0.15) is 0 Å². The van der Waals surface area contributed by atoms with Gasteiger partial charge in [-0.1, -0.05) is 31.2 Å². The Bertz CT molecular complexity index is 243. The van der Waals surface area contributed by atoms with E-state index in [-0.39, 0.29) is 0 Å². The first-order chi connectivity index (χ1) is 6.26. The van der Waals surface area contributed by atoms with Crippen LogP contribution in [0.5, 0.6) is 0 Å². The topological polar surface area (TPSA) is 3.24 Å². The number of aryl methyl sites for hydroxylation is 1. The lowest BCUT2D eigenvalue weighted by molar-refractivity contribution is 0.382. The molecule has 0 aliphatic carbocycles. The van der Waals surface area contributed by atoms with Crippen LogP contribution in [0, 0.1) is 0 Å². The first kappa shape index (κ1) is 10.6. The van der Waals surface area contributed by atoms with Crippen molar-refractivity contribution in [2.45, 2.75) is 19.9 Å². The fraction of sp³-hybridized carbons (Fsp3) is 0.455. The molecule has 2 heteroatoms. The van der Waals surface area contributed by atoms with E-state index in [4.69, 9.17) is 11.6 Å². The summed E-state index contributed by atoms with van der Waals surface area (Å²) in [5.41, 5.74) is 2.71. The average Bonchev–Trinajstić information content (AvgIpc) is 2.19. The van der Waals surface area contributed by atoms with Crippen molar-refractivity contribution in [1.82, 2.24) is 4.90 Å². The summed E-state index contributed by atoms with van der Waals surface area (Å²) in [4.78, 5) is 2.07. The maximum absolute atomic E-state index is 5.69. The first-order valence-electron chi connectivity index (χ1n) is 4.58. The molecule has 0 fully saturated rings. The highest BCUT2D eigenvalue weighted by molar-refractivity contribution is 6.17. The minimum absolute atomic E-state index is 0.579. The second-order valence-electron chi connectivity index (χ2n) is 3.30. The van der Waals surface area contributed by atoms with Gasteiger partial charge in [-0.15, -0.1) is 11.6 Å². The summed E-state index contributed by atoms with van der Waals surface area (Å²) < 4.78 is 0. The Morgan fingerprint density at radius 1 is 1.15 bits per heavy atom. The molecular weight excluding hydrogens is 182 g/mol. The average molecular weight is 198 g/mol. The number of halogens is 1. The number of nitrogens with zero attached hydrogens (tertiary/aromatic N) is 1. The van der Waals surface area contributed by atoms with Crippen molar-refractivity contribution in [2.24, 2.45) is 0 Å². The Labute approximate surface area is 85.3 Å². The number of hydrogen-bond donors (Lipinski definition) is 0. The summed E-state index contributed by atoms with van der Waals surface area (Å²) in [6.07, 6.45) is 1.10. The highest BCUT2D eigenvalue weighted by Gasteiger charge is 1.97. The van der Waals surface area contributed by atoms with E-state index in [1.807, 2.05) is 7.05 Å². The van der Waals surface area contributed by atoms with Crippen LogP contribution in [0.4, 0.5) is 0 Å². The van der Waals surface area contributed by atoms with Gasteiger partial charge in [-0.05, 0) is 24.6 Å². The van der Waals surface area contributed by atoms with Crippen LogP contribution in [0.15, 0.2) is 24.3 Å². The highest BCUT2D eigenvalue weighted by Crippen LogP contribution is 2.07. The number of benzene rings is 1. The van der Waals surface area contributed by atoms with E-state index < -0.39 is 0 Å². The zero-order valence-corrected chi connectivity index (χ0v) is 9.01. The van der Waals surface area contributed by atoms with Crippen LogP contribution in [0.2, 0.25) is 0 Å². The van der Waals surface area contributed by atoms with Crippen molar-refractivity contribution < 1.29 is 0 Å². The Morgan fingerprint density at radius 2 is 1.69 bits per heavy atom. The van der Waals surface area contributed by atoms with Crippen LogP contribution in [-0.2, 0) is 13.0 Å². The van der Waals surface area contributed by atoms with E-state index in [9.17, 15) is 0 Å². The Hall–Kier alpha value is -0.530. The van der Waals surface area contributed by atoms with Crippen molar-refractivity contribution in [3.8, 4) is 0 Å². The van der Waals surface area contributed by atoms with Gasteiger partial charge in [-0.25, -0.2) is 0 Å². The van der Waals surface area contributed by atoms with E-state index in [0.717, 1.165) is 13.0 Å². The molecular formula is C11H16ClN. The first-order valence-corrected chi connectivity index (χ1v) is 5.12. The Kier molecular flexibility index (Phi) is 4.26. The van der Waals surface area contributed by atoms with Crippen LogP contribution in [0.1, 0.15) is 18.1 Å². The van der Waals surface area contributed by atoms with E-state index >= 15 is 0 Å². The zero-order valence-electron chi connectivity index (χ0n) is 8.26. The van der Waals surface area contributed by atoms with Gasteiger partial charge in [0.1, 0.15) is 0 Å². The highest BCUT2D eigenvalue weighted by atomic mass is 35.5. The maximum atomic E-state index is 5.69. The third-order valence-electron chi connectivity index (χ3n) is 2.09. The van der Waals surface area contributed by atoms with Crippen molar-refractivity contribution in [2.75, 3.05) is 13.1 Å². The second-order valence-corrected chi connectivity index (χ2v) is 3.54. The fourth-order valence-electron chi connectivity index (χ4n) is 1.23. The molecule has 0 heterocycles. The van der Waals surface area contributed by atoms with Crippen LogP contribution in [-0.4, -0.2) is 18.0 Å². The van der Waals surface area contributed by atoms with Crippen LogP contribution in [0.25, 0.3) is 0 Å². The van der Waals surface area contributed by atoms with Crippen molar-refractivity contribution >= 4 is 11.6 Å². The molecule has 0 saturated heterocycles. The molecule has 0 bridgehead atoms.